The Bertz CT molecular complexity index is 1340. The third-order valence-electron chi connectivity index (χ3n) is 4.56. The minimum absolute atomic E-state index is 0.116. The Morgan fingerprint density at radius 1 is 1.00 bits per heavy atom. The Balaban J connectivity index is 1.70. The number of carbonyl (C=O) groups is 1. The molecule has 9 heteroatoms. The van der Waals surface area contributed by atoms with Gasteiger partial charge in [-0.3, -0.25) is 9.69 Å². The SMILES string of the molecule is O=C(CS(=O)(=O)c1ccc(F)cc1)N(Cc1ccccc1)c1nc2c(Cl)cccc2s1. The Kier molecular flexibility index (Phi) is 6.04. The molecule has 0 aliphatic rings. The second-order valence-electron chi connectivity index (χ2n) is 6.76. The zero-order valence-corrected chi connectivity index (χ0v) is 18.4. The summed E-state index contributed by atoms with van der Waals surface area (Å²) in [4.78, 5) is 18.9. The molecule has 1 amide bonds. The summed E-state index contributed by atoms with van der Waals surface area (Å²) in [6, 6.07) is 18.9. The highest BCUT2D eigenvalue weighted by Gasteiger charge is 2.27. The first-order valence-electron chi connectivity index (χ1n) is 9.21. The highest BCUT2D eigenvalue weighted by Crippen LogP contribution is 2.33. The van der Waals surface area contributed by atoms with Crippen LogP contribution in [0, 0.1) is 5.82 Å². The van der Waals surface area contributed by atoms with Crippen molar-refractivity contribution in [2.45, 2.75) is 11.4 Å². The highest BCUT2D eigenvalue weighted by molar-refractivity contribution is 7.92. The van der Waals surface area contributed by atoms with Crippen molar-refractivity contribution >= 4 is 54.0 Å². The van der Waals surface area contributed by atoms with E-state index in [9.17, 15) is 17.6 Å². The average molecular weight is 475 g/mol. The smallest absolute Gasteiger partial charge is 0.244 e. The maximum absolute atomic E-state index is 13.2. The van der Waals surface area contributed by atoms with Gasteiger partial charge < -0.3 is 0 Å². The molecule has 0 saturated heterocycles. The van der Waals surface area contributed by atoms with Gasteiger partial charge >= 0.3 is 0 Å². The topological polar surface area (TPSA) is 67.3 Å². The number of hydrogen-bond acceptors (Lipinski definition) is 5. The van der Waals surface area contributed by atoms with Gasteiger partial charge in [-0.2, -0.15) is 0 Å². The molecule has 1 aromatic heterocycles. The van der Waals surface area contributed by atoms with E-state index in [1.165, 1.54) is 16.2 Å². The summed E-state index contributed by atoms with van der Waals surface area (Å²) < 4.78 is 39.5. The number of carbonyl (C=O) groups excluding carboxylic acids is 1. The van der Waals surface area contributed by atoms with Crippen molar-refractivity contribution < 1.29 is 17.6 Å². The van der Waals surface area contributed by atoms with Crippen molar-refractivity contribution in [1.82, 2.24) is 4.98 Å². The second-order valence-corrected chi connectivity index (χ2v) is 10.2. The molecule has 0 unspecified atom stereocenters. The third-order valence-corrected chi connectivity index (χ3v) is 7.53. The number of rotatable bonds is 6. The lowest BCUT2D eigenvalue weighted by Crippen LogP contribution is -2.35. The number of anilines is 1. The number of aromatic nitrogens is 1. The van der Waals surface area contributed by atoms with Crippen LogP contribution in [0.5, 0.6) is 0 Å². The molecular formula is C22H16ClFN2O3S2. The number of benzene rings is 3. The number of fused-ring (bicyclic) bond motifs is 1. The van der Waals surface area contributed by atoms with Crippen molar-refractivity contribution in [3.8, 4) is 0 Å². The summed E-state index contributed by atoms with van der Waals surface area (Å²) in [5.74, 6) is -1.96. The van der Waals surface area contributed by atoms with Crippen LogP contribution in [-0.2, 0) is 21.2 Å². The molecule has 0 saturated carbocycles. The fraction of sp³-hybridized carbons (Fsp3) is 0.0909. The molecule has 0 aliphatic carbocycles. The van der Waals surface area contributed by atoms with Gasteiger partial charge in [-0.15, -0.1) is 0 Å². The number of sulfone groups is 1. The van der Waals surface area contributed by atoms with E-state index in [0.29, 0.717) is 15.7 Å². The van der Waals surface area contributed by atoms with Crippen molar-refractivity contribution in [3.05, 3.63) is 89.2 Å². The first-order valence-corrected chi connectivity index (χ1v) is 12.1. The van der Waals surface area contributed by atoms with Crippen LogP contribution in [0.15, 0.2) is 77.7 Å². The molecule has 0 bridgehead atoms. The second kappa shape index (κ2) is 8.74. The van der Waals surface area contributed by atoms with Crippen molar-refractivity contribution in [1.29, 1.82) is 0 Å². The van der Waals surface area contributed by atoms with E-state index in [1.54, 1.807) is 12.1 Å². The molecule has 3 aromatic carbocycles. The molecule has 4 rings (SSSR count). The Labute approximate surface area is 187 Å². The molecule has 5 nitrogen and oxygen atoms in total. The summed E-state index contributed by atoms with van der Waals surface area (Å²) >= 11 is 7.48. The van der Waals surface area contributed by atoms with Gasteiger partial charge in [0.15, 0.2) is 15.0 Å². The van der Waals surface area contributed by atoms with E-state index in [1.807, 2.05) is 36.4 Å². The van der Waals surface area contributed by atoms with E-state index in [0.717, 1.165) is 34.5 Å². The van der Waals surface area contributed by atoms with Gasteiger partial charge in [0.25, 0.3) is 0 Å². The zero-order valence-electron chi connectivity index (χ0n) is 16.0. The number of amides is 1. The molecule has 158 valence electrons. The summed E-state index contributed by atoms with van der Waals surface area (Å²) in [5.41, 5.74) is 1.37. The van der Waals surface area contributed by atoms with Crippen LogP contribution in [0.25, 0.3) is 10.2 Å². The van der Waals surface area contributed by atoms with Crippen molar-refractivity contribution in [2.24, 2.45) is 0 Å². The summed E-state index contributed by atoms with van der Waals surface area (Å²) in [7, 11) is -3.97. The van der Waals surface area contributed by atoms with E-state index < -0.39 is 27.3 Å². The van der Waals surface area contributed by atoms with Crippen LogP contribution >= 0.6 is 22.9 Å². The summed E-state index contributed by atoms with van der Waals surface area (Å²) in [6.07, 6.45) is 0. The van der Waals surface area contributed by atoms with Gasteiger partial charge in [0.1, 0.15) is 17.1 Å². The average Bonchev–Trinajstić information content (AvgIpc) is 3.18. The van der Waals surface area contributed by atoms with Crippen molar-refractivity contribution in [3.63, 3.8) is 0 Å². The molecule has 0 atom stereocenters. The molecule has 4 aromatic rings. The predicted octanol–water partition coefficient (Wildman–Crippen LogP) is 5.10. The lowest BCUT2D eigenvalue weighted by molar-refractivity contribution is -0.116. The maximum atomic E-state index is 13.2. The zero-order chi connectivity index (χ0) is 22.0. The third kappa shape index (κ3) is 4.76. The van der Waals surface area contributed by atoms with Crippen LogP contribution in [0.4, 0.5) is 9.52 Å². The first kappa shape index (κ1) is 21.4. The normalized spacial score (nSPS) is 11.5. The standard InChI is InChI=1S/C22H16ClFN2O3S2/c23-18-7-4-8-19-21(18)25-22(30-19)26(13-15-5-2-1-3-6-15)20(27)14-31(28,29)17-11-9-16(24)10-12-17/h1-12H,13-14H2. The molecule has 1 heterocycles. The lowest BCUT2D eigenvalue weighted by Gasteiger charge is -2.20. The molecule has 0 radical (unpaired) electrons. The van der Waals surface area contributed by atoms with Gasteiger partial charge in [-0.05, 0) is 42.0 Å². The number of thiazole rings is 1. The van der Waals surface area contributed by atoms with Crippen LogP contribution in [0.3, 0.4) is 0 Å². The molecule has 0 N–H and O–H groups in total. The summed E-state index contributed by atoms with van der Waals surface area (Å²) in [5, 5.41) is 0.803. The monoisotopic (exact) mass is 474 g/mol. The van der Waals surface area contributed by atoms with Gasteiger partial charge in [0.2, 0.25) is 5.91 Å². The van der Waals surface area contributed by atoms with E-state index in [4.69, 9.17) is 11.6 Å². The van der Waals surface area contributed by atoms with E-state index >= 15 is 0 Å². The van der Waals surface area contributed by atoms with Crippen LogP contribution in [-0.4, -0.2) is 25.1 Å². The number of para-hydroxylation sites is 1. The van der Waals surface area contributed by atoms with Crippen LogP contribution in [0.2, 0.25) is 5.02 Å². The van der Waals surface area contributed by atoms with Gasteiger partial charge in [-0.1, -0.05) is 59.3 Å². The molecule has 0 fully saturated rings. The minimum Gasteiger partial charge on any atom is -0.283 e. The lowest BCUT2D eigenvalue weighted by atomic mass is 10.2. The fourth-order valence-electron chi connectivity index (χ4n) is 3.01. The molecule has 0 spiro atoms. The Hall–Kier alpha value is -2.81. The van der Waals surface area contributed by atoms with Crippen molar-refractivity contribution in [2.75, 3.05) is 10.7 Å². The number of hydrogen-bond donors (Lipinski definition) is 0. The van der Waals surface area contributed by atoms with Gasteiger partial charge in [0, 0.05) is 0 Å². The number of halogens is 2. The quantitative estimate of drug-likeness (QED) is 0.365. The molecule has 31 heavy (non-hydrogen) atoms. The highest BCUT2D eigenvalue weighted by atomic mass is 35.5. The minimum atomic E-state index is -3.97. The van der Waals surface area contributed by atoms with Crippen LogP contribution < -0.4 is 4.90 Å². The van der Waals surface area contributed by atoms with E-state index in [-0.39, 0.29) is 11.4 Å². The first-order chi connectivity index (χ1) is 14.8. The Morgan fingerprint density at radius 2 is 1.71 bits per heavy atom. The molecular weight excluding hydrogens is 459 g/mol. The maximum Gasteiger partial charge on any atom is 0.244 e. The largest absolute Gasteiger partial charge is 0.283 e. The summed E-state index contributed by atoms with van der Waals surface area (Å²) in [6.45, 7) is 0.149. The number of nitrogens with zero attached hydrogens (tertiary/aromatic N) is 2. The Morgan fingerprint density at radius 3 is 2.39 bits per heavy atom. The molecule has 0 aliphatic heterocycles. The van der Waals surface area contributed by atoms with Gasteiger partial charge in [-0.25, -0.2) is 17.8 Å². The van der Waals surface area contributed by atoms with Crippen LogP contribution in [0.1, 0.15) is 5.56 Å². The van der Waals surface area contributed by atoms with Gasteiger partial charge in [0.05, 0.1) is 21.2 Å². The predicted molar refractivity (Wildman–Crippen MR) is 121 cm³/mol. The fourth-order valence-corrected chi connectivity index (χ4v) is 5.49. The van der Waals surface area contributed by atoms with E-state index in [2.05, 4.69) is 4.98 Å².